The van der Waals surface area contributed by atoms with Crippen molar-refractivity contribution in [2.75, 3.05) is 7.11 Å². The Balaban J connectivity index is 2.27. The quantitative estimate of drug-likeness (QED) is 0.435. The first kappa shape index (κ1) is 16.8. The second kappa shape index (κ2) is 8.14. The number of hydrogen-bond donors (Lipinski definition) is 0. The van der Waals surface area contributed by atoms with Crippen LogP contribution in [0.2, 0.25) is 0 Å². The van der Waals surface area contributed by atoms with Crippen molar-refractivity contribution in [2.45, 2.75) is 19.8 Å². The molecule has 0 aliphatic rings. The fourth-order valence-electron chi connectivity index (χ4n) is 2.58. The summed E-state index contributed by atoms with van der Waals surface area (Å²) in [5.41, 5.74) is 4.95. The van der Waals surface area contributed by atoms with Gasteiger partial charge in [-0.05, 0) is 36.5 Å². The SMILES string of the molecule is C=CCC(C)=C(C(=O)OC)c1ccc(Cc2ccccc2)cc1. The molecule has 0 aliphatic heterocycles. The highest BCUT2D eigenvalue weighted by Crippen LogP contribution is 2.23. The van der Waals surface area contributed by atoms with Gasteiger partial charge in [0, 0.05) is 0 Å². The maximum atomic E-state index is 12.1. The van der Waals surface area contributed by atoms with Gasteiger partial charge in [-0.2, -0.15) is 0 Å². The molecule has 0 N–H and O–H groups in total. The third-order valence-corrected chi connectivity index (χ3v) is 3.76. The molecule has 0 atom stereocenters. The van der Waals surface area contributed by atoms with E-state index in [9.17, 15) is 4.79 Å². The summed E-state index contributed by atoms with van der Waals surface area (Å²) < 4.78 is 4.93. The van der Waals surface area contributed by atoms with Crippen LogP contribution < -0.4 is 0 Å². The van der Waals surface area contributed by atoms with Crippen LogP contribution in [-0.4, -0.2) is 13.1 Å². The summed E-state index contributed by atoms with van der Waals surface area (Å²) in [6, 6.07) is 18.4. The minimum atomic E-state index is -0.305. The second-order valence-electron chi connectivity index (χ2n) is 5.50. The van der Waals surface area contributed by atoms with Crippen LogP contribution in [0, 0.1) is 0 Å². The highest BCUT2D eigenvalue weighted by Gasteiger charge is 2.15. The molecule has 0 bridgehead atoms. The van der Waals surface area contributed by atoms with Crippen molar-refractivity contribution in [1.82, 2.24) is 0 Å². The molecule has 0 radical (unpaired) electrons. The molecule has 2 heteroatoms. The highest BCUT2D eigenvalue weighted by atomic mass is 16.5. The first-order valence-electron chi connectivity index (χ1n) is 7.68. The predicted molar refractivity (Wildman–Crippen MR) is 95.1 cm³/mol. The summed E-state index contributed by atoms with van der Waals surface area (Å²) in [5, 5.41) is 0. The zero-order chi connectivity index (χ0) is 16.7. The van der Waals surface area contributed by atoms with Crippen molar-refractivity contribution >= 4 is 11.5 Å². The van der Waals surface area contributed by atoms with Gasteiger partial charge in [-0.3, -0.25) is 0 Å². The Morgan fingerprint density at radius 2 is 1.65 bits per heavy atom. The Bertz CT molecular complexity index is 694. The lowest BCUT2D eigenvalue weighted by Gasteiger charge is -2.11. The Morgan fingerprint density at radius 1 is 1.04 bits per heavy atom. The van der Waals surface area contributed by atoms with E-state index in [1.165, 1.54) is 18.2 Å². The molecule has 2 aromatic carbocycles. The molecule has 0 heterocycles. The lowest BCUT2D eigenvalue weighted by Crippen LogP contribution is -2.06. The Morgan fingerprint density at radius 3 is 2.22 bits per heavy atom. The number of hydrogen-bond acceptors (Lipinski definition) is 2. The van der Waals surface area contributed by atoms with Crippen LogP contribution in [0.1, 0.15) is 30.0 Å². The molecule has 2 nitrogen and oxygen atoms in total. The largest absolute Gasteiger partial charge is 0.465 e. The monoisotopic (exact) mass is 306 g/mol. The van der Waals surface area contributed by atoms with E-state index in [1.807, 2.05) is 37.3 Å². The standard InChI is InChI=1S/C21H22O2/c1-4-8-16(2)20(21(22)23-3)19-13-11-18(12-14-19)15-17-9-6-5-7-10-17/h4-7,9-14H,1,8,15H2,2-3H3. The molecular weight excluding hydrogens is 284 g/mol. The van der Waals surface area contributed by atoms with Crippen molar-refractivity contribution in [3.8, 4) is 0 Å². The van der Waals surface area contributed by atoms with Crippen molar-refractivity contribution < 1.29 is 9.53 Å². The van der Waals surface area contributed by atoms with Crippen LogP contribution in [0.15, 0.2) is 72.8 Å². The number of carbonyl (C=O) groups excluding carboxylic acids is 1. The summed E-state index contributed by atoms with van der Waals surface area (Å²) in [6.07, 6.45) is 3.34. The second-order valence-corrected chi connectivity index (χ2v) is 5.50. The lowest BCUT2D eigenvalue weighted by atomic mass is 9.96. The zero-order valence-corrected chi connectivity index (χ0v) is 13.7. The normalized spacial score (nSPS) is 11.6. The number of rotatable bonds is 6. The molecule has 118 valence electrons. The molecule has 0 amide bonds. The predicted octanol–water partition coefficient (Wildman–Crippen LogP) is 4.80. The topological polar surface area (TPSA) is 26.3 Å². The van der Waals surface area contributed by atoms with Crippen molar-refractivity contribution in [1.29, 1.82) is 0 Å². The van der Waals surface area contributed by atoms with E-state index < -0.39 is 0 Å². The fraction of sp³-hybridized carbons (Fsp3) is 0.190. The maximum absolute atomic E-state index is 12.1. The van der Waals surface area contributed by atoms with Gasteiger partial charge in [0.05, 0.1) is 12.7 Å². The molecule has 2 aromatic rings. The summed E-state index contributed by atoms with van der Waals surface area (Å²) in [4.78, 5) is 12.1. The van der Waals surface area contributed by atoms with Gasteiger partial charge >= 0.3 is 5.97 Å². The van der Waals surface area contributed by atoms with Crippen molar-refractivity contribution in [3.63, 3.8) is 0 Å². The van der Waals surface area contributed by atoms with E-state index in [1.54, 1.807) is 6.08 Å². The van der Waals surface area contributed by atoms with Gasteiger partial charge in [0.2, 0.25) is 0 Å². The molecule has 2 rings (SSSR count). The van der Waals surface area contributed by atoms with E-state index in [-0.39, 0.29) is 5.97 Å². The number of allylic oxidation sites excluding steroid dienone is 2. The van der Waals surface area contributed by atoms with Crippen molar-refractivity contribution in [3.05, 3.63) is 89.5 Å². The lowest BCUT2D eigenvalue weighted by molar-refractivity contribution is -0.133. The van der Waals surface area contributed by atoms with Gasteiger partial charge in [0.1, 0.15) is 0 Å². The van der Waals surface area contributed by atoms with E-state index in [2.05, 4.69) is 30.8 Å². The highest BCUT2D eigenvalue weighted by molar-refractivity contribution is 6.17. The van der Waals surface area contributed by atoms with Gasteiger partial charge < -0.3 is 4.74 Å². The molecule has 0 aliphatic carbocycles. The van der Waals surface area contributed by atoms with Gasteiger partial charge in [0.15, 0.2) is 0 Å². The van der Waals surface area contributed by atoms with E-state index >= 15 is 0 Å². The minimum absolute atomic E-state index is 0.305. The van der Waals surface area contributed by atoms with E-state index in [0.29, 0.717) is 12.0 Å². The molecule has 0 aromatic heterocycles. The Hall–Kier alpha value is -2.61. The van der Waals surface area contributed by atoms with Gasteiger partial charge in [-0.25, -0.2) is 4.79 Å². The first-order valence-corrected chi connectivity index (χ1v) is 7.68. The molecular formula is C21H22O2. The van der Waals surface area contributed by atoms with Crippen LogP contribution in [0.4, 0.5) is 0 Å². The summed E-state index contributed by atoms with van der Waals surface area (Å²) >= 11 is 0. The van der Waals surface area contributed by atoms with E-state index in [4.69, 9.17) is 4.74 Å². The number of carbonyl (C=O) groups is 1. The summed E-state index contributed by atoms with van der Waals surface area (Å²) in [5.74, 6) is -0.305. The zero-order valence-electron chi connectivity index (χ0n) is 13.7. The molecule has 0 saturated carbocycles. The fourth-order valence-corrected chi connectivity index (χ4v) is 2.58. The Labute approximate surface area is 138 Å². The summed E-state index contributed by atoms with van der Waals surface area (Å²) in [6.45, 7) is 5.67. The number of esters is 1. The third-order valence-electron chi connectivity index (χ3n) is 3.76. The molecule has 0 saturated heterocycles. The first-order chi connectivity index (χ1) is 11.2. The van der Waals surface area contributed by atoms with Gasteiger partial charge in [-0.15, -0.1) is 6.58 Å². The van der Waals surface area contributed by atoms with Gasteiger partial charge in [0.25, 0.3) is 0 Å². The smallest absolute Gasteiger partial charge is 0.338 e. The van der Waals surface area contributed by atoms with Crippen LogP contribution in [0.3, 0.4) is 0 Å². The summed E-state index contributed by atoms with van der Waals surface area (Å²) in [7, 11) is 1.41. The average Bonchev–Trinajstić information content (AvgIpc) is 2.57. The van der Waals surface area contributed by atoms with E-state index in [0.717, 1.165) is 17.6 Å². The number of methoxy groups -OCH3 is 1. The maximum Gasteiger partial charge on any atom is 0.338 e. The van der Waals surface area contributed by atoms with Crippen molar-refractivity contribution in [2.24, 2.45) is 0 Å². The number of benzene rings is 2. The van der Waals surface area contributed by atoms with Crippen LogP contribution in [-0.2, 0) is 16.0 Å². The Kier molecular flexibility index (Phi) is 5.93. The molecule has 0 spiro atoms. The average molecular weight is 306 g/mol. The number of ether oxygens (including phenoxy) is 1. The molecule has 0 fully saturated rings. The van der Waals surface area contributed by atoms with Crippen LogP contribution in [0.25, 0.3) is 5.57 Å². The van der Waals surface area contributed by atoms with Crippen LogP contribution in [0.5, 0.6) is 0 Å². The third kappa shape index (κ3) is 4.43. The van der Waals surface area contributed by atoms with Gasteiger partial charge in [-0.1, -0.05) is 66.2 Å². The molecule has 23 heavy (non-hydrogen) atoms. The molecule has 0 unspecified atom stereocenters. The van der Waals surface area contributed by atoms with Crippen LogP contribution >= 0.6 is 0 Å². The minimum Gasteiger partial charge on any atom is -0.465 e.